The summed E-state index contributed by atoms with van der Waals surface area (Å²) in [6.45, 7) is 1.97. The smallest absolute Gasteiger partial charge is 0.283 e. The lowest BCUT2D eigenvalue weighted by Crippen LogP contribution is -2.13. The summed E-state index contributed by atoms with van der Waals surface area (Å²) in [6.07, 6.45) is 1.34. The molecule has 148 valence electrons. The highest BCUT2D eigenvalue weighted by Crippen LogP contribution is 2.35. The molecule has 7 heteroatoms. The molecule has 0 unspecified atom stereocenters. The molecule has 3 aromatic carbocycles. The van der Waals surface area contributed by atoms with E-state index in [0.717, 1.165) is 10.5 Å². The standard InChI is InChI=1S/C23H17N3O3S/c1-16-7-10-20(11-8-16)30-22-12-9-17(14-21(22)26(28)29)13-18(15-24)23(27)25-19-5-3-2-4-6-19/h2-14H,1H3,(H,25,27)/b18-13+. The third-order valence-corrected chi connectivity index (χ3v) is 5.21. The summed E-state index contributed by atoms with van der Waals surface area (Å²) in [4.78, 5) is 24.8. The van der Waals surface area contributed by atoms with Crippen LogP contribution in [0.15, 0.2) is 88.2 Å². The Morgan fingerprint density at radius 3 is 2.43 bits per heavy atom. The number of benzene rings is 3. The molecule has 30 heavy (non-hydrogen) atoms. The molecule has 6 nitrogen and oxygen atoms in total. The van der Waals surface area contributed by atoms with Gasteiger partial charge in [-0.2, -0.15) is 5.26 Å². The molecule has 0 bridgehead atoms. The van der Waals surface area contributed by atoms with Gasteiger partial charge in [-0.25, -0.2) is 0 Å². The van der Waals surface area contributed by atoms with Crippen molar-refractivity contribution < 1.29 is 9.72 Å². The van der Waals surface area contributed by atoms with E-state index >= 15 is 0 Å². The van der Waals surface area contributed by atoms with Gasteiger partial charge in [0.2, 0.25) is 0 Å². The molecule has 0 heterocycles. The monoisotopic (exact) mass is 415 g/mol. The van der Waals surface area contributed by atoms with Crippen molar-refractivity contribution >= 4 is 35.1 Å². The second kappa shape index (κ2) is 9.54. The maximum Gasteiger partial charge on any atom is 0.283 e. The number of para-hydroxylation sites is 1. The highest BCUT2D eigenvalue weighted by atomic mass is 32.2. The normalized spacial score (nSPS) is 10.9. The van der Waals surface area contributed by atoms with E-state index < -0.39 is 10.8 Å². The second-order valence-corrected chi connectivity index (χ2v) is 7.50. The number of nitro groups is 1. The van der Waals surface area contributed by atoms with Crippen LogP contribution in [0.3, 0.4) is 0 Å². The van der Waals surface area contributed by atoms with Gasteiger partial charge in [0.15, 0.2) is 0 Å². The molecule has 0 aliphatic heterocycles. The molecule has 0 saturated heterocycles. The molecule has 0 radical (unpaired) electrons. The average molecular weight is 415 g/mol. The van der Waals surface area contributed by atoms with Crippen LogP contribution in [-0.2, 0) is 4.79 Å². The molecule has 0 saturated carbocycles. The van der Waals surface area contributed by atoms with Crippen molar-refractivity contribution in [3.8, 4) is 6.07 Å². The number of aryl methyl sites for hydroxylation is 1. The van der Waals surface area contributed by atoms with Crippen LogP contribution in [0.25, 0.3) is 6.08 Å². The van der Waals surface area contributed by atoms with Crippen molar-refractivity contribution in [2.24, 2.45) is 0 Å². The summed E-state index contributed by atoms with van der Waals surface area (Å²) < 4.78 is 0. The van der Waals surface area contributed by atoms with Gasteiger partial charge in [0, 0.05) is 16.6 Å². The molecule has 3 rings (SSSR count). The summed E-state index contributed by atoms with van der Waals surface area (Å²) in [6, 6.07) is 22.9. The Hall–Kier alpha value is -3.89. The molecular formula is C23H17N3O3S. The maximum absolute atomic E-state index is 12.4. The Balaban J connectivity index is 1.87. The Bertz CT molecular complexity index is 1150. The number of amides is 1. The van der Waals surface area contributed by atoms with Crippen LogP contribution in [0.5, 0.6) is 0 Å². The predicted molar refractivity (Wildman–Crippen MR) is 117 cm³/mol. The van der Waals surface area contributed by atoms with Crippen LogP contribution in [0.1, 0.15) is 11.1 Å². The molecular weight excluding hydrogens is 398 g/mol. The van der Waals surface area contributed by atoms with Gasteiger partial charge in [-0.1, -0.05) is 53.7 Å². The summed E-state index contributed by atoms with van der Waals surface area (Å²) in [7, 11) is 0. The van der Waals surface area contributed by atoms with Crippen LogP contribution in [-0.4, -0.2) is 10.8 Å². The van der Waals surface area contributed by atoms with Gasteiger partial charge in [-0.3, -0.25) is 14.9 Å². The first-order valence-corrected chi connectivity index (χ1v) is 9.79. The number of nitrogens with zero attached hydrogens (tertiary/aromatic N) is 2. The van der Waals surface area contributed by atoms with Crippen molar-refractivity contribution in [3.05, 3.63) is 99.6 Å². The zero-order valence-corrected chi connectivity index (χ0v) is 16.8. The fourth-order valence-electron chi connectivity index (χ4n) is 2.62. The topological polar surface area (TPSA) is 96.0 Å². The zero-order chi connectivity index (χ0) is 21.5. The van der Waals surface area contributed by atoms with Crippen molar-refractivity contribution in [2.75, 3.05) is 5.32 Å². The number of carbonyl (C=O) groups is 1. The molecule has 0 spiro atoms. The van der Waals surface area contributed by atoms with Crippen LogP contribution >= 0.6 is 11.8 Å². The van der Waals surface area contributed by atoms with E-state index in [0.29, 0.717) is 16.1 Å². The molecule has 1 N–H and O–H groups in total. The predicted octanol–water partition coefficient (Wildman–Crippen LogP) is 5.60. The maximum atomic E-state index is 12.4. The first kappa shape index (κ1) is 20.8. The van der Waals surface area contributed by atoms with Crippen molar-refractivity contribution in [1.82, 2.24) is 0 Å². The van der Waals surface area contributed by atoms with E-state index in [1.54, 1.807) is 36.4 Å². The van der Waals surface area contributed by atoms with E-state index in [1.165, 1.54) is 23.9 Å². The minimum Gasteiger partial charge on any atom is -0.321 e. The first-order valence-electron chi connectivity index (χ1n) is 8.97. The van der Waals surface area contributed by atoms with Crippen molar-refractivity contribution in [1.29, 1.82) is 5.26 Å². The Morgan fingerprint density at radius 2 is 1.80 bits per heavy atom. The third kappa shape index (κ3) is 5.34. The number of nitriles is 1. The molecule has 3 aromatic rings. The quantitative estimate of drug-likeness (QED) is 0.245. The lowest BCUT2D eigenvalue weighted by atomic mass is 10.1. The van der Waals surface area contributed by atoms with Crippen LogP contribution in [0.2, 0.25) is 0 Å². The number of carbonyl (C=O) groups excluding carboxylic acids is 1. The van der Waals surface area contributed by atoms with E-state index in [9.17, 15) is 20.2 Å². The lowest BCUT2D eigenvalue weighted by molar-refractivity contribution is -0.387. The van der Waals surface area contributed by atoms with Gasteiger partial charge in [0.1, 0.15) is 11.6 Å². The summed E-state index contributed by atoms with van der Waals surface area (Å²) >= 11 is 1.29. The first-order chi connectivity index (χ1) is 14.5. The van der Waals surface area contributed by atoms with Crippen LogP contribution in [0.4, 0.5) is 11.4 Å². The SMILES string of the molecule is Cc1ccc(Sc2ccc(/C=C(\C#N)C(=O)Nc3ccccc3)cc2[N+](=O)[O-])cc1. The van der Waals surface area contributed by atoms with E-state index in [-0.39, 0.29) is 11.3 Å². The van der Waals surface area contributed by atoms with E-state index in [2.05, 4.69) is 5.32 Å². The fraction of sp³-hybridized carbons (Fsp3) is 0.0435. The van der Waals surface area contributed by atoms with E-state index in [4.69, 9.17) is 0 Å². The van der Waals surface area contributed by atoms with Crippen molar-refractivity contribution in [2.45, 2.75) is 16.7 Å². The molecule has 1 amide bonds. The van der Waals surface area contributed by atoms with Crippen LogP contribution in [0, 0.1) is 28.4 Å². The molecule has 0 fully saturated rings. The third-order valence-electron chi connectivity index (χ3n) is 4.14. The van der Waals surface area contributed by atoms with Crippen molar-refractivity contribution in [3.63, 3.8) is 0 Å². The Morgan fingerprint density at radius 1 is 1.10 bits per heavy atom. The largest absolute Gasteiger partial charge is 0.321 e. The average Bonchev–Trinajstić information content (AvgIpc) is 2.75. The molecule has 0 aliphatic rings. The zero-order valence-electron chi connectivity index (χ0n) is 16.0. The number of nitro benzene ring substituents is 1. The van der Waals surface area contributed by atoms with Gasteiger partial charge >= 0.3 is 0 Å². The molecule has 0 atom stereocenters. The van der Waals surface area contributed by atoms with Gasteiger partial charge in [-0.05, 0) is 48.9 Å². The molecule has 0 aromatic heterocycles. The number of anilines is 1. The van der Waals surface area contributed by atoms with Gasteiger partial charge < -0.3 is 5.32 Å². The molecule has 0 aliphatic carbocycles. The summed E-state index contributed by atoms with van der Waals surface area (Å²) in [5.74, 6) is -0.579. The minimum atomic E-state index is -0.579. The van der Waals surface area contributed by atoms with Gasteiger partial charge in [0.05, 0.1) is 9.82 Å². The highest BCUT2D eigenvalue weighted by molar-refractivity contribution is 7.99. The second-order valence-electron chi connectivity index (χ2n) is 6.39. The summed E-state index contributed by atoms with van der Waals surface area (Å²) in [5.41, 5.74) is 1.82. The van der Waals surface area contributed by atoms with Gasteiger partial charge in [0.25, 0.3) is 11.6 Å². The Labute approximate surface area is 178 Å². The van der Waals surface area contributed by atoms with Gasteiger partial charge in [-0.15, -0.1) is 0 Å². The Kier molecular flexibility index (Phi) is 6.63. The fourth-order valence-corrected chi connectivity index (χ4v) is 3.52. The summed E-state index contributed by atoms with van der Waals surface area (Å²) in [5, 5.41) is 23.6. The van der Waals surface area contributed by atoms with Crippen LogP contribution < -0.4 is 5.32 Å². The highest BCUT2D eigenvalue weighted by Gasteiger charge is 2.17. The minimum absolute atomic E-state index is 0.0879. The number of rotatable bonds is 6. The number of hydrogen-bond donors (Lipinski definition) is 1. The number of nitrogens with one attached hydrogen (secondary N) is 1. The number of hydrogen-bond acceptors (Lipinski definition) is 5. The van der Waals surface area contributed by atoms with E-state index in [1.807, 2.05) is 43.3 Å². The lowest BCUT2D eigenvalue weighted by Gasteiger charge is -2.06.